The molecule has 0 aliphatic carbocycles. The lowest BCUT2D eigenvalue weighted by Crippen LogP contribution is -2.55. The van der Waals surface area contributed by atoms with Gasteiger partial charge in [-0.1, -0.05) is 12.1 Å². The van der Waals surface area contributed by atoms with Crippen LogP contribution in [0.2, 0.25) is 0 Å². The average Bonchev–Trinajstić information content (AvgIpc) is 3.69. The minimum Gasteiger partial charge on any atom is -0.497 e. The first kappa shape index (κ1) is 27.1. The van der Waals surface area contributed by atoms with Crippen molar-refractivity contribution in [1.82, 2.24) is 19.4 Å². The number of amides is 2. The molecular formula is C27H36N4O5S2. The average molecular weight is 561 g/mol. The third-order valence-electron chi connectivity index (χ3n) is 7.72. The fraction of sp³-hybridized carbons (Fsp3) is 0.556. The number of benzene rings is 1. The quantitative estimate of drug-likeness (QED) is 0.507. The highest BCUT2D eigenvalue weighted by molar-refractivity contribution is 7.91. The topological polar surface area (TPSA) is 99.3 Å². The van der Waals surface area contributed by atoms with Crippen molar-refractivity contribution in [1.29, 1.82) is 0 Å². The van der Waals surface area contributed by atoms with E-state index in [2.05, 4.69) is 9.62 Å². The number of hydrogen-bond donors (Lipinski definition) is 1. The molecule has 3 aliphatic rings. The SMILES string of the molecule is COc1cccc(-c2ccc(S(=O)(=O)N[C@H]3CCCN(CC(=O)N4CCC[C@H]4CN4CCCC4)C3=O)s2)c1. The molecule has 0 radical (unpaired) electrons. The van der Waals surface area contributed by atoms with Gasteiger partial charge < -0.3 is 19.4 Å². The summed E-state index contributed by atoms with van der Waals surface area (Å²) in [6.07, 6.45) is 5.47. The Balaban J connectivity index is 1.21. The highest BCUT2D eigenvalue weighted by Gasteiger charge is 2.36. The van der Waals surface area contributed by atoms with Crippen molar-refractivity contribution < 1.29 is 22.7 Å². The molecule has 3 aliphatic heterocycles. The van der Waals surface area contributed by atoms with Crippen molar-refractivity contribution in [2.75, 3.05) is 46.4 Å². The van der Waals surface area contributed by atoms with Gasteiger partial charge in [-0.05, 0) is 81.4 Å². The number of methoxy groups -OCH3 is 1. The van der Waals surface area contributed by atoms with Gasteiger partial charge in [0.2, 0.25) is 11.8 Å². The van der Waals surface area contributed by atoms with E-state index in [0.717, 1.165) is 60.8 Å². The third kappa shape index (κ3) is 6.06. The number of nitrogens with zero attached hydrogens (tertiary/aromatic N) is 3. The minimum atomic E-state index is -3.90. The summed E-state index contributed by atoms with van der Waals surface area (Å²) < 4.78 is 34.4. The molecule has 4 heterocycles. The van der Waals surface area contributed by atoms with Crippen LogP contribution in [0.25, 0.3) is 10.4 Å². The van der Waals surface area contributed by atoms with Gasteiger partial charge >= 0.3 is 0 Å². The molecule has 2 atom stereocenters. The number of carbonyl (C=O) groups is 2. The van der Waals surface area contributed by atoms with Crippen LogP contribution in [0.4, 0.5) is 0 Å². The molecule has 11 heteroatoms. The second-order valence-corrected chi connectivity index (χ2v) is 13.3. The lowest BCUT2D eigenvalue weighted by atomic mass is 10.1. The van der Waals surface area contributed by atoms with Crippen molar-refractivity contribution in [3.8, 4) is 16.2 Å². The Morgan fingerprint density at radius 3 is 2.63 bits per heavy atom. The van der Waals surface area contributed by atoms with Crippen molar-refractivity contribution in [3.63, 3.8) is 0 Å². The molecule has 5 rings (SSSR count). The first-order valence-electron chi connectivity index (χ1n) is 13.4. The summed E-state index contributed by atoms with van der Waals surface area (Å²) in [5.74, 6) is 0.329. The van der Waals surface area contributed by atoms with Crippen molar-refractivity contribution in [2.45, 2.75) is 54.8 Å². The third-order valence-corrected chi connectivity index (χ3v) is 10.8. The molecule has 2 amide bonds. The maximum absolute atomic E-state index is 13.3. The first-order valence-corrected chi connectivity index (χ1v) is 15.7. The number of hydrogen-bond acceptors (Lipinski definition) is 7. The van der Waals surface area contributed by atoms with E-state index in [1.807, 2.05) is 29.2 Å². The lowest BCUT2D eigenvalue weighted by Gasteiger charge is -2.34. The predicted molar refractivity (Wildman–Crippen MR) is 147 cm³/mol. The summed E-state index contributed by atoms with van der Waals surface area (Å²) >= 11 is 1.15. The Morgan fingerprint density at radius 1 is 1.05 bits per heavy atom. The zero-order chi connectivity index (χ0) is 26.7. The lowest BCUT2D eigenvalue weighted by molar-refractivity contribution is -0.143. The number of piperidine rings is 1. The van der Waals surface area contributed by atoms with Crippen LogP contribution in [0.15, 0.2) is 40.6 Å². The Bertz CT molecular complexity index is 1260. The van der Waals surface area contributed by atoms with Gasteiger partial charge in [-0.15, -0.1) is 11.3 Å². The second kappa shape index (κ2) is 11.7. The number of ether oxygens (including phenoxy) is 1. The van der Waals surface area contributed by atoms with Crippen LogP contribution in [0.3, 0.4) is 0 Å². The van der Waals surface area contributed by atoms with Gasteiger partial charge in [0, 0.05) is 30.6 Å². The van der Waals surface area contributed by atoms with Crippen LogP contribution in [0.1, 0.15) is 38.5 Å². The minimum absolute atomic E-state index is 0.00650. The molecule has 0 unspecified atom stereocenters. The van der Waals surface area contributed by atoms with E-state index in [-0.39, 0.29) is 28.6 Å². The van der Waals surface area contributed by atoms with Gasteiger partial charge in [0.05, 0.1) is 13.7 Å². The monoisotopic (exact) mass is 560 g/mol. The molecular weight excluding hydrogens is 524 g/mol. The van der Waals surface area contributed by atoms with Crippen molar-refractivity contribution in [3.05, 3.63) is 36.4 Å². The number of rotatable bonds is 9. The zero-order valence-corrected chi connectivity index (χ0v) is 23.4. The van der Waals surface area contributed by atoms with Gasteiger partial charge in [0.25, 0.3) is 10.0 Å². The van der Waals surface area contributed by atoms with E-state index in [4.69, 9.17) is 4.74 Å². The molecule has 1 N–H and O–H groups in total. The summed E-state index contributed by atoms with van der Waals surface area (Å²) in [5, 5.41) is 0. The van der Waals surface area contributed by atoms with Gasteiger partial charge in [-0.25, -0.2) is 8.42 Å². The normalized spacial score (nSPS) is 22.8. The molecule has 1 aromatic carbocycles. The van der Waals surface area contributed by atoms with E-state index >= 15 is 0 Å². The summed E-state index contributed by atoms with van der Waals surface area (Å²) in [6.45, 7) is 4.29. The summed E-state index contributed by atoms with van der Waals surface area (Å²) in [4.78, 5) is 33.1. The summed E-state index contributed by atoms with van der Waals surface area (Å²) in [6, 6.07) is 10.1. The molecule has 1 aromatic heterocycles. The van der Waals surface area contributed by atoms with E-state index in [0.29, 0.717) is 25.1 Å². The second-order valence-electron chi connectivity index (χ2n) is 10.3. The summed E-state index contributed by atoms with van der Waals surface area (Å²) in [5.41, 5.74) is 0.860. The zero-order valence-electron chi connectivity index (χ0n) is 21.8. The summed E-state index contributed by atoms with van der Waals surface area (Å²) in [7, 11) is -2.31. The molecule has 0 bridgehead atoms. The molecule has 2 aromatic rings. The van der Waals surface area contributed by atoms with Gasteiger partial charge in [-0.3, -0.25) is 9.59 Å². The molecule has 0 saturated carbocycles. The van der Waals surface area contributed by atoms with Crippen molar-refractivity contribution >= 4 is 33.2 Å². The standard InChI is InChI=1S/C27H36N4O5S2/c1-36-22-9-4-7-20(17-22)24-11-12-26(37-24)38(34,35)28-23-10-6-15-30(27(23)33)19-25(32)31-16-5-8-21(31)18-29-13-2-3-14-29/h4,7,9,11-12,17,21,23,28H,2-3,5-6,8,10,13-16,18-19H2,1H3/t21-,23-/m0/s1. The Hall–Kier alpha value is -2.47. The Labute approximate surface area is 228 Å². The van der Waals surface area contributed by atoms with E-state index < -0.39 is 16.1 Å². The molecule has 3 fully saturated rings. The highest BCUT2D eigenvalue weighted by Crippen LogP contribution is 2.33. The Kier molecular flexibility index (Phi) is 8.37. The van der Waals surface area contributed by atoms with Gasteiger partial charge in [0.15, 0.2) is 0 Å². The molecule has 3 saturated heterocycles. The van der Waals surface area contributed by atoms with E-state index in [9.17, 15) is 18.0 Å². The number of sulfonamides is 1. The first-order chi connectivity index (χ1) is 18.3. The number of likely N-dealkylation sites (tertiary alicyclic amines) is 3. The maximum Gasteiger partial charge on any atom is 0.250 e. The molecule has 0 spiro atoms. The van der Waals surface area contributed by atoms with Gasteiger partial charge in [0.1, 0.15) is 16.0 Å². The molecule has 9 nitrogen and oxygen atoms in total. The number of nitrogens with one attached hydrogen (secondary N) is 1. The fourth-order valence-electron chi connectivity index (χ4n) is 5.72. The van der Waals surface area contributed by atoms with Crippen LogP contribution >= 0.6 is 11.3 Å². The van der Waals surface area contributed by atoms with E-state index in [1.165, 1.54) is 17.7 Å². The molecule has 38 heavy (non-hydrogen) atoms. The van der Waals surface area contributed by atoms with Crippen LogP contribution in [0.5, 0.6) is 5.75 Å². The van der Waals surface area contributed by atoms with E-state index in [1.54, 1.807) is 19.2 Å². The molecule has 206 valence electrons. The number of thiophene rings is 1. The maximum atomic E-state index is 13.3. The Morgan fingerprint density at radius 2 is 1.84 bits per heavy atom. The van der Waals surface area contributed by atoms with Crippen LogP contribution in [0, 0.1) is 0 Å². The predicted octanol–water partition coefficient (Wildman–Crippen LogP) is 2.78. The van der Waals surface area contributed by atoms with Crippen molar-refractivity contribution in [2.24, 2.45) is 0 Å². The van der Waals surface area contributed by atoms with Crippen LogP contribution < -0.4 is 9.46 Å². The fourth-order valence-corrected chi connectivity index (χ4v) is 8.26. The largest absolute Gasteiger partial charge is 0.497 e. The smallest absolute Gasteiger partial charge is 0.250 e. The van der Waals surface area contributed by atoms with Gasteiger partial charge in [-0.2, -0.15) is 4.72 Å². The van der Waals surface area contributed by atoms with Crippen LogP contribution in [-0.4, -0.2) is 93.4 Å². The number of carbonyl (C=O) groups excluding carboxylic acids is 2. The highest BCUT2D eigenvalue weighted by atomic mass is 32.2. The van der Waals surface area contributed by atoms with Crippen LogP contribution in [-0.2, 0) is 19.6 Å².